The molecule has 0 bridgehead atoms. The fourth-order valence-corrected chi connectivity index (χ4v) is 4.65. The van der Waals surface area contributed by atoms with Crippen LogP contribution in [0.5, 0.6) is 0 Å². The number of nitrogens with one attached hydrogen (secondary N) is 1. The standard InChI is InChI=1S/C21H23BrN2O5S/c1-2-29-21(26)16-6-4-12-24(14-16)20(25)15-5-3-7-18(13-15)23-30(27,28)19-10-8-17(22)9-11-19/h3,5,7-11,13,16,23H,2,4,6,12,14H2,1H3. The van der Waals surface area contributed by atoms with Crippen molar-refractivity contribution in [1.29, 1.82) is 0 Å². The summed E-state index contributed by atoms with van der Waals surface area (Å²) < 4.78 is 33.6. The Kier molecular flexibility index (Phi) is 7.14. The third kappa shape index (κ3) is 5.40. The van der Waals surface area contributed by atoms with E-state index >= 15 is 0 Å². The Balaban J connectivity index is 1.74. The second-order valence-corrected chi connectivity index (χ2v) is 9.58. The maximum absolute atomic E-state index is 12.9. The van der Waals surface area contributed by atoms with Crippen molar-refractivity contribution in [2.45, 2.75) is 24.7 Å². The van der Waals surface area contributed by atoms with Crippen LogP contribution in [0.3, 0.4) is 0 Å². The van der Waals surface area contributed by atoms with Crippen LogP contribution >= 0.6 is 15.9 Å². The molecule has 2 aromatic carbocycles. The number of hydrogen-bond donors (Lipinski definition) is 1. The van der Waals surface area contributed by atoms with Crippen LogP contribution in [-0.2, 0) is 19.6 Å². The van der Waals surface area contributed by atoms with E-state index in [0.717, 1.165) is 4.47 Å². The molecule has 1 unspecified atom stereocenters. The van der Waals surface area contributed by atoms with Gasteiger partial charge in [0.05, 0.1) is 17.4 Å². The normalized spacial score (nSPS) is 16.7. The maximum atomic E-state index is 12.9. The summed E-state index contributed by atoms with van der Waals surface area (Å²) >= 11 is 3.28. The van der Waals surface area contributed by atoms with E-state index < -0.39 is 10.0 Å². The number of halogens is 1. The molecular weight excluding hydrogens is 472 g/mol. The van der Waals surface area contributed by atoms with Gasteiger partial charge in [0.25, 0.3) is 15.9 Å². The maximum Gasteiger partial charge on any atom is 0.310 e. The van der Waals surface area contributed by atoms with Gasteiger partial charge in [-0.1, -0.05) is 22.0 Å². The predicted molar refractivity (Wildman–Crippen MR) is 117 cm³/mol. The number of hydrogen-bond acceptors (Lipinski definition) is 5. The van der Waals surface area contributed by atoms with Gasteiger partial charge >= 0.3 is 5.97 Å². The zero-order chi connectivity index (χ0) is 21.7. The van der Waals surface area contributed by atoms with Gasteiger partial charge in [-0.25, -0.2) is 8.42 Å². The first-order chi connectivity index (χ1) is 14.3. The van der Waals surface area contributed by atoms with Crippen molar-refractivity contribution in [2.75, 3.05) is 24.4 Å². The average Bonchev–Trinajstić information content (AvgIpc) is 2.73. The molecule has 1 saturated heterocycles. The Morgan fingerprint density at radius 1 is 1.20 bits per heavy atom. The predicted octanol–water partition coefficient (Wildman–Crippen LogP) is 3.67. The highest BCUT2D eigenvalue weighted by Crippen LogP contribution is 2.23. The molecule has 1 amide bonds. The number of anilines is 1. The minimum absolute atomic E-state index is 0.121. The second-order valence-electron chi connectivity index (χ2n) is 6.98. The van der Waals surface area contributed by atoms with Crippen LogP contribution in [0.4, 0.5) is 5.69 Å². The molecule has 0 radical (unpaired) electrons. The third-order valence-electron chi connectivity index (χ3n) is 4.81. The Hall–Kier alpha value is -2.39. The third-order valence-corrected chi connectivity index (χ3v) is 6.74. The van der Waals surface area contributed by atoms with Gasteiger partial charge in [0.15, 0.2) is 0 Å². The van der Waals surface area contributed by atoms with Gasteiger partial charge in [-0.05, 0) is 62.2 Å². The van der Waals surface area contributed by atoms with Crippen LogP contribution in [0.15, 0.2) is 57.9 Å². The van der Waals surface area contributed by atoms with Gasteiger partial charge in [-0.15, -0.1) is 0 Å². The van der Waals surface area contributed by atoms with Gasteiger partial charge in [0.2, 0.25) is 0 Å². The topological polar surface area (TPSA) is 92.8 Å². The Morgan fingerprint density at radius 2 is 1.93 bits per heavy atom. The molecule has 9 heteroatoms. The molecule has 7 nitrogen and oxygen atoms in total. The molecule has 0 aliphatic carbocycles. The monoisotopic (exact) mass is 494 g/mol. The Morgan fingerprint density at radius 3 is 2.63 bits per heavy atom. The van der Waals surface area contributed by atoms with Crippen LogP contribution in [0, 0.1) is 5.92 Å². The van der Waals surface area contributed by atoms with Crippen molar-refractivity contribution in [3.05, 3.63) is 58.6 Å². The van der Waals surface area contributed by atoms with Crippen molar-refractivity contribution in [3.63, 3.8) is 0 Å². The molecule has 1 heterocycles. The fourth-order valence-electron chi connectivity index (χ4n) is 3.34. The largest absolute Gasteiger partial charge is 0.466 e. The summed E-state index contributed by atoms with van der Waals surface area (Å²) in [5.41, 5.74) is 0.651. The minimum Gasteiger partial charge on any atom is -0.466 e. The molecule has 160 valence electrons. The number of amides is 1. The molecule has 2 aromatic rings. The van der Waals surface area contributed by atoms with Crippen molar-refractivity contribution in [3.8, 4) is 0 Å². The van der Waals surface area contributed by atoms with E-state index in [1.807, 2.05) is 0 Å². The lowest BCUT2D eigenvalue weighted by molar-refractivity contribution is -0.149. The number of sulfonamides is 1. The lowest BCUT2D eigenvalue weighted by Gasteiger charge is -2.31. The first-order valence-corrected chi connectivity index (χ1v) is 11.9. The zero-order valence-corrected chi connectivity index (χ0v) is 18.9. The number of carbonyl (C=O) groups excluding carboxylic acids is 2. The van der Waals surface area contributed by atoms with Gasteiger partial charge in [0.1, 0.15) is 0 Å². The van der Waals surface area contributed by atoms with Gasteiger partial charge < -0.3 is 9.64 Å². The zero-order valence-electron chi connectivity index (χ0n) is 16.5. The highest BCUT2D eigenvalue weighted by atomic mass is 79.9. The molecule has 1 N–H and O–H groups in total. The molecule has 30 heavy (non-hydrogen) atoms. The number of nitrogens with zero attached hydrogens (tertiary/aromatic N) is 1. The van der Waals surface area contributed by atoms with Crippen LogP contribution in [0.1, 0.15) is 30.1 Å². The molecular formula is C21H23BrN2O5S. The quantitative estimate of drug-likeness (QED) is 0.618. The first kappa shape index (κ1) is 22.3. The highest BCUT2D eigenvalue weighted by molar-refractivity contribution is 9.10. The van der Waals surface area contributed by atoms with Crippen LogP contribution in [0.25, 0.3) is 0 Å². The first-order valence-electron chi connectivity index (χ1n) is 9.64. The summed E-state index contributed by atoms with van der Waals surface area (Å²) in [4.78, 5) is 26.7. The smallest absolute Gasteiger partial charge is 0.310 e. The number of esters is 1. The molecule has 1 atom stereocenters. The Labute approximate surface area is 184 Å². The van der Waals surface area contributed by atoms with Crippen LogP contribution < -0.4 is 4.72 Å². The van der Waals surface area contributed by atoms with Crippen LogP contribution in [0.2, 0.25) is 0 Å². The van der Waals surface area contributed by atoms with E-state index in [1.165, 1.54) is 18.2 Å². The highest BCUT2D eigenvalue weighted by Gasteiger charge is 2.30. The van der Waals surface area contributed by atoms with Crippen LogP contribution in [-0.4, -0.2) is 44.9 Å². The number of piperidine rings is 1. The van der Waals surface area contributed by atoms with E-state index in [0.29, 0.717) is 43.8 Å². The van der Waals surface area contributed by atoms with Crippen molar-refractivity contribution in [2.24, 2.45) is 5.92 Å². The van der Waals surface area contributed by atoms with E-state index in [1.54, 1.807) is 42.2 Å². The number of ether oxygens (including phenoxy) is 1. The molecule has 1 aliphatic heterocycles. The number of rotatable bonds is 6. The SMILES string of the molecule is CCOC(=O)C1CCCN(C(=O)c2cccc(NS(=O)(=O)c3ccc(Br)cc3)c2)C1. The summed E-state index contributed by atoms with van der Waals surface area (Å²) in [5, 5.41) is 0. The lowest BCUT2D eigenvalue weighted by atomic mass is 9.97. The number of carbonyl (C=O) groups is 2. The lowest BCUT2D eigenvalue weighted by Crippen LogP contribution is -2.42. The van der Waals surface area contributed by atoms with Crippen molar-refractivity contribution in [1.82, 2.24) is 4.90 Å². The number of benzene rings is 2. The summed E-state index contributed by atoms with van der Waals surface area (Å²) in [7, 11) is -3.78. The molecule has 0 aromatic heterocycles. The van der Waals surface area contributed by atoms with E-state index in [2.05, 4.69) is 20.7 Å². The molecule has 0 saturated carbocycles. The Bertz CT molecular complexity index is 1020. The van der Waals surface area contributed by atoms with E-state index in [-0.39, 0.29) is 22.7 Å². The average molecular weight is 495 g/mol. The van der Waals surface area contributed by atoms with E-state index in [4.69, 9.17) is 4.74 Å². The number of likely N-dealkylation sites (tertiary alicyclic amines) is 1. The van der Waals surface area contributed by atoms with Crippen molar-refractivity contribution < 1.29 is 22.7 Å². The van der Waals surface area contributed by atoms with E-state index in [9.17, 15) is 18.0 Å². The molecule has 3 rings (SSSR count). The fraction of sp³-hybridized carbons (Fsp3) is 0.333. The van der Waals surface area contributed by atoms with Gasteiger partial charge in [-0.2, -0.15) is 0 Å². The summed E-state index contributed by atoms with van der Waals surface area (Å²) in [6.45, 7) is 2.91. The summed E-state index contributed by atoms with van der Waals surface area (Å²) in [6, 6.07) is 12.6. The minimum atomic E-state index is -3.78. The molecule has 1 fully saturated rings. The molecule has 0 spiro atoms. The molecule has 1 aliphatic rings. The van der Waals surface area contributed by atoms with Gasteiger partial charge in [-0.3, -0.25) is 14.3 Å². The van der Waals surface area contributed by atoms with Gasteiger partial charge in [0, 0.05) is 28.8 Å². The van der Waals surface area contributed by atoms with Crippen molar-refractivity contribution >= 4 is 43.5 Å². The summed E-state index contributed by atoms with van der Waals surface area (Å²) in [5.74, 6) is -0.860. The second kappa shape index (κ2) is 9.61. The summed E-state index contributed by atoms with van der Waals surface area (Å²) in [6.07, 6.45) is 1.40.